The van der Waals surface area contributed by atoms with Crippen LogP contribution >= 0.6 is 0 Å². The molecule has 1 atom stereocenters. The molecule has 0 fully saturated rings. The number of hydrogen-bond acceptors (Lipinski definition) is 6. The summed E-state index contributed by atoms with van der Waals surface area (Å²) in [6, 6.07) is -1.14. The van der Waals surface area contributed by atoms with Gasteiger partial charge in [0, 0.05) is 0 Å². The fraction of sp³-hybridized carbons (Fsp3) is 0.625. The molecule has 0 rings (SSSR count). The lowest BCUT2D eigenvalue weighted by Gasteiger charge is -2.14. The SMILES string of the molecule is COC(=O)CC(NC(=O)CO)C(=O)OC. The highest BCUT2D eigenvalue weighted by molar-refractivity contribution is 5.88. The van der Waals surface area contributed by atoms with E-state index in [1.807, 2.05) is 0 Å². The molecule has 0 aromatic carbocycles. The van der Waals surface area contributed by atoms with Crippen LogP contribution in [0.3, 0.4) is 0 Å². The monoisotopic (exact) mass is 219 g/mol. The van der Waals surface area contributed by atoms with Crippen molar-refractivity contribution in [3.05, 3.63) is 0 Å². The molecule has 0 aromatic rings. The van der Waals surface area contributed by atoms with Crippen molar-refractivity contribution in [3.63, 3.8) is 0 Å². The van der Waals surface area contributed by atoms with Crippen molar-refractivity contribution >= 4 is 17.8 Å². The van der Waals surface area contributed by atoms with Gasteiger partial charge in [-0.1, -0.05) is 0 Å². The molecular formula is C8H13NO6. The number of hydrogen-bond donors (Lipinski definition) is 2. The smallest absolute Gasteiger partial charge is 0.328 e. The molecule has 1 amide bonds. The Balaban J connectivity index is 4.37. The minimum Gasteiger partial charge on any atom is -0.469 e. The highest BCUT2D eigenvalue weighted by Crippen LogP contribution is 1.97. The number of aliphatic hydroxyl groups excluding tert-OH is 1. The molecule has 0 heterocycles. The maximum absolute atomic E-state index is 11.1. The van der Waals surface area contributed by atoms with Crippen LogP contribution in [-0.4, -0.2) is 49.8 Å². The van der Waals surface area contributed by atoms with Crippen molar-refractivity contribution in [2.24, 2.45) is 0 Å². The van der Waals surface area contributed by atoms with Crippen LogP contribution in [-0.2, 0) is 23.9 Å². The average Bonchev–Trinajstić information content (AvgIpc) is 2.26. The molecule has 0 radical (unpaired) electrons. The molecule has 7 heteroatoms. The van der Waals surface area contributed by atoms with Crippen LogP contribution in [0.15, 0.2) is 0 Å². The third kappa shape index (κ3) is 4.96. The number of amides is 1. The molecule has 0 aliphatic rings. The Morgan fingerprint density at radius 1 is 1.27 bits per heavy atom. The molecule has 0 aliphatic carbocycles. The van der Waals surface area contributed by atoms with Crippen LogP contribution in [0, 0.1) is 0 Å². The van der Waals surface area contributed by atoms with Gasteiger partial charge in [-0.2, -0.15) is 0 Å². The molecular weight excluding hydrogens is 206 g/mol. The van der Waals surface area contributed by atoms with Crippen molar-refractivity contribution < 1.29 is 29.0 Å². The van der Waals surface area contributed by atoms with E-state index in [2.05, 4.69) is 14.8 Å². The number of rotatable bonds is 5. The van der Waals surface area contributed by atoms with Gasteiger partial charge in [-0.15, -0.1) is 0 Å². The third-order valence-electron chi connectivity index (χ3n) is 1.56. The summed E-state index contributed by atoms with van der Waals surface area (Å²) in [7, 11) is 2.28. The molecule has 7 nitrogen and oxygen atoms in total. The van der Waals surface area contributed by atoms with Crippen molar-refractivity contribution in [2.45, 2.75) is 12.5 Å². The first kappa shape index (κ1) is 13.4. The Kier molecular flexibility index (Phi) is 6.03. The van der Waals surface area contributed by atoms with Crippen molar-refractivity contribution in [2.75, 3.05) is 20.8 Å². The van der Waals surface area contributed by atoms with Crippen molar-refractivity contribution in [3.8, 4) is 0 Å². The van der Waals surface area contributed by atoms with E-state index in [9.17, 15) is 14.4 Å². The number of methoxy groups -OCH3 is 2. The maximum atomic E-state index is 11.1. The summed E-state index contributed by atoms with van der Waals surface area (Å²) < 4.78 is 8.69. The van der Waals surface area contributed by atoms with Crippen molar-refractivity contribution in [1.29, 1.82) is 0 Å². The summed E-state index contributed by atoms with van der Waals surface area (Å²) in [4.78, 5) is 32.7. The number of esters is 2. The van der Waals surface area contributed by atoms with Gasteiger partial charge in [0.2, 0.25) is 5.91 Å². The van der Waals surface area contributed by atoms with Crippen LogP contribution in [0.25, 0.3) is 0 Å². The minimum atomic E-state index is -1.14. The summed E-state index contributed by atoms with van der Waals surface area (Å²) in [6.45, 7) is -0.769. The van der Waals surface area contributed by atoms with Gasteiger partial charge in [-0.25, -0.2) is 4.79 Å². The zero-order valence-electron chi connectivity index (χ0n) is 8.48. The number of nitrogens with one attached hydrogen (secondary N) is 1. The topological polar surface area (TPSA) is 102 Å². The first-order valence-corrected chi connectivity index (χ1v) is 4.10. The largest absolute Gasteiger partial charge is 0.469 e. The molecule has 0 spiro atoms. The highest BCUT2D eigenvalue weighted by atomic mass is 16.5. The predicted octanol–water partition coefficient (Wildman–Crippen LogP) is -1.80. The molecule has 0 saturated carbocycles. The fourth-order valence-electron chi connectivity index (χ4n) is 0.826. The van der Waals surface area contributed by atoms with E-state index in [-0.39, 0.29) is 6.42 Å². The van der Waals surface area contributed by atoms with Crippen LogP contribution in [0.1, 0.15) is 6.42 Å². The van der Waals surface area contributed by atoms with Crippen LogP contribution in [0.4, 0.5) is 0 Å². The Hall–Kier alpha value is -1.63. The lowest BCUT2D eigenvalue weighted by Crippen LogP contribution is -2.44. The Labute approximate surface area is 86.3 Å². The van der Waals surface area contributed by atoms with Gasteiger partial charge in [-0.3, -0.25) is 9.59 Å². The van der Waals surface area contributed by atoms with Gasteiger partial charge >= 0.3 is 11.9 Å². The molecule has 86 valence electrons. The summed E-state index contributed by atoms with van der Waals surface area (Å²) in [6.07, 6.45) is -0.338. The molecule has 0 aromatic heterocycles. The Morgan fingerprint density at radius 3 is 2.27 bits per heavy atom. The van der Waals surface area contributed by atoms with E-state index >= 15 is 0 Å². The summed E-state index contributed by atoms with van der Waals surface area (Å²) >= 11 is 0. The number of ether oxygens (including phenoxy) is 2. The molecule has 2 N–H and O–H groups in total. The van der Waals surface area contributed by atoms with Crippen LogP contribution in [0.2, 0.25) is 0 Å². The number of carbonyl (C=O) groups is 3. The van der Waals surface area contributed by atoms with E-state index in [0.29, 0.717) is 0 Å². The lowest BCUT2D eigenvalue weighted by atomic mass is 10.2. The summed E-state index contributed by atoms with van der Waals surface area (Å²) in [5, 5.41) is 10.6. The predicted molar refractivity (Wildman–Crippen MR) is 47.7 cm³/mol. The molecule has 0 bridgehead atoms. The lowest BCUT2D eigenvalue weighted by molar-refractivity contribution is -0.150. The minimum absolute atomic E-state index is 0.338. The van der Waals surface area contributed by atoms with Crippen LogP contribution in [0.5, 0.6) is 0 Å². The van der Waals surface area contributed by atoms with E-state index < -0.39 is 30.5 Å². The maximum Gasteiger partial charge on any atom is 0.328 e. The van der Waals surface area contributed by atoms with Gasteiger partial charge in [0.1, 0.15) is 12.6 Å². The van der Waals surface area contributed by atoms with Crippen LogP contribution < -0.4 is 5.32 Å². The second kappa shape index (κ2) is 6.77. The standard InChI is InChI=1S/C8H13NO6/c1-14-7(12)3-5(8(13)15-2)9-6(11)4-10/h5,10H,3-4H2,1-2H3,(H,9,11). The van der Waals surface area contributed by atoms with E-state index in [1.54, 1.807) is 0 Å². The number of carbonyl (C=O) groups excluding carboxylic acids is 3. The normalized spacial score (nSPS) is 11.4. The first-order chi connectivity index (χ1) is 7.04. The van der Waals surface area contributed by atoms with Gasteiger partial charge in [0.15, 0.2) is 0 Å². The zero-order valence-corrected chi connectivity index (χ0v) is 8.48. The van der Waals surface area contributed by atoms with Gasteiger partial charge in [0.05, 0.1) is 20.6 Å². The van der Waals surface area contributed by atoms with Crippen molar-refractivity contribution in [1.82, 2.24) is 5.32 Å². The highest BCUT2D eigenvalue weighted by Gasteiger charge is 2.24. The van der Waals surface area contributed by atoms with Gasteiger partial charge in [0.25, 0.3) is 0 Å². The second-order valence-electron chi connectivity index (χ2n) is 2.58. The van der Waals surface area contributed by atoms with E-state index in [4.69, 9.17) is 5.11 Å². The molecule has 15 heavy (non-hydrogen) atoms. The molecule has 0 aliphatic heterocycles. The Morgan fingerprint density at radius 2 is 1.87 bits per heavy atom. The average molecular weight is 219 g/mol. The molecule has 1 unspecified atom stereocenters. The molecule has 0 saturated heterocycles. The summed E-state index contributed by atoms with van der Waals surface area (Å²) in [5.41, 5.74) is 0. The number of aliphatic hydroxyl groups is 1. The fourth-order valence-corrected chi connectivity index (χ4v) is 0.826. The zero-order chi connectivity index (χ0) is 11.8. The van der Waals surface area contributed by atoms with E-state index in [0.717, 1.165) is 14.2 Å². The second-order valence-corrected chi connectivity index (χ2v) is 2.58. The quantitative estimate of drug-likeness (QED) is 0.529. The summed E-state index contributed by atoms with van der Waals surface area (Å²) in [5.74, 6) is -2.21. The first-order valence-electron chi connectivity index (χ1n) is 4.10. The van der Waals surface area contributed by atoms with Gasteiger partial charge in [-0.05, 0) is 0 Å². The van der Waals surface area contributed by atoms with Gasteiger partial charge < -0.3 is 19.9 Å². The Bertz CT molecular complexity index is 234. The van der Waals surface area contributed by atoms with E-state index in [1.165, 1.54) is 0 Å². The third-order valence-corrected chi connectivity index (χ3v) is 1.56.